The summed E-state index contributed by atoms with van der Waals surface area (Å²) in [5.41, 5.74) is 7.87. The molecule has 0 fully saturated rings. The van der Waals surface area contributed by atoms with Gasteiger partial charge >= 0.3 is 0 Å². The Morgan fingerprint density at radius 1 is 0.389 bits per heavy atom. The molecule has 0 saturated heterocycles. The summed E-state index contributed by atoms with van der Waals surface area (Å²) in [5.74, 6) is 0. The van der Waals surface area contributed by atoms with Crippen molar-refractivity contribution in [3.63, 3.8) is 0 Å². The van der Waals surface area contributed by atoms with Gasteiger partial charge < -0.3 is 4.57 Å². The zero-order valence-corrected chi connectivity index (χ0v) is 30.3. The minimum atomic E-state index is 0.0352. The molecule has 0 aliphatic rings. The van der Waals surface area contributed by atoms with Gasteiger partial charge in [-0.1, -0.05) is 103 Å². The summed E-state index contributed by atoms with van der Waals surface area (Å²) in [5, 5.41) is 13.0. The molecule has 0 unspecified atom stereocenters. The predicted octanol–water partition coefficient (Wildman–Crippen LogP) is 13.7. The zero-order valence-electron chi connectivity index (χ0n) is 28.6. The van der Waals surface area contributed by atoms with Crippen molar-refractivity contribution in [2.24, 2.45) is 0 Å². The van der Waals surface area contributed by atoms with Crippen LogP contribution in [0.2, 0.25) is 0 Å². The molecule has 0 spiro atoms. The summed E-state index contributed by atoms with van der Waals surface area (Å²) < 4.78 is 9.77. The molecule has 8 aromatic carbocycles. The first-order valence-corrected chi connectivity index (χ1v) is 19.9. The molecular weight excluding hydrogens is 697 g/mol. The second kappa shape index (κ2) is 10.3. The van der Waals surface area contributed by atoms with Crippen molar-refractivity contribution in [2.45, 2.75) is 0 Å². The summed E-state index contributed by atoms with van der Waals surface area (Å²) in [6.07, 6.45) is 0. The molecule has 5 heteroatoms. The number of hydrogen-bond donors (Lipinski definition) is 0. The van der Waals surface area contributed by atoms with Gasteiger partial charge in [0.1, 0.15) is 0 Å². The predicted molar refractivity (Wildman–Crippen MR) is 233 cm³/mol. The third-order valence-corrected chi connectivity index (χ3v) is 14.0. The summed E-state index contributed by atoms with van der Waals surface area (Å²) in [6.45, 7) is 0. The molecule has 13 rings (SSSR count). The Bertz CT molecular complexity index is 3770. The number of fused-ring (bicyclic) bond motifs is 17. The van der Waals surface area contributed by atoms with E-state index in [4.69, 9.17) is 0 Å². The Hall–Kier alpha value is -6.53. The fourth-order valence-electron chi connectivity index (χ4n) is 9.39. The van der Waals surface area contributed by atoms with E-state index in [2.05, 4.69) is 138 Å². The normalized spacial score (nSPS) is 12.5. The van der Waals surface area contributed by atoms with Gasteiger partial charge in [0.2, 0.25) is 0 Å². The lowest BCUT2D eigenvalue weighted by atomic mass is 9.97. The monoisotopic (exact) mass is 722 g/mol. The van der Waals surface area contributed by atoms with Crippen molar-refractivity contribution >= 4 is 123 Å². The van der Waals surface area contributed by atoms with Gasteiger partial charge in [0, 0.05) is 78.3 Å². The van der Waals surface area contributed by atoms with Crippen LogP contribution in [0.5, 0.6) is 0 Å². The Balaban J connectivity index is 1.11. The number of rotatable bonds is 2. The molecule has 5 heterocycles. The number of nitrogens with zero attached hydrogens (tertiary/aromatic N) is 2. The molecule has 0 radical (unpaired) electrons. The Morgan fingerprint density at radius 3 is 1.61 bits per heavy atom. The lowest BCUT2D eigenvalue weighted by Gasteiger charge is -2.12. The van der Waals surface area contributed by atoms with Gasteiger partial charge in [-0.25, -0.2) is 0 Å². The second-order valence-corrected chi connectivity index (χ2v) is 16.5. The van der Waals surface area contributed by atoms with Crippen molar-refractivity contribution in [3.8, 4) is 16.8 Å². The Morgan fingerprint density at radius 2 is 0.907 bits per heavy atom. The van der Waals surface area contributed by atoms with Crippen LogP contribution in [-0.2, 0) is 0 Å². The van der Waals surface area contributed by atoms with Crippen LogP contribution in [0, 0.1) is 0 Å². The van der Waals surface area contributed by atoms with E-state index in [1.807, 2.05) is 51.3 Å². The molecule has 0 amide bonds. The molecule has 250 valence electrons. The van der Waals surface area contributed by atoms with E-state index >= 15 is 0 Å². The molecule has 0 atom stereocenters. The maximum atomic E-state index is 13.9. The van der Waals surface area contributed by atoms with Crippen LogP contribution < -0.4 is 5.56 Å². The van der Waals surface area contributed by atoms with Crippen LogP contribution >= 0.6 is 22.7 Å². The first-order chi connectivity index (χ1) is 26.7. The van der Waals surface area contributed by atoms with Crippen molar-refractivity contribution in [2.75, 3.05) is 0 Å². The highest BCUT2D eigenvalue weighted by atomic mass is 32.1. The van der Waals surface area contributed by atoms with Crippen molar-refractivity contribution in [3.05, 3.63) is 168 Å². The highest BCUT2D eigenvalue weighted by Gasteiger charge is 2.24. The smallest absolute Gasteiger partial charge is 0.263 e. The number of pyridine rings is 1. The molecule has 0 bridgehead atoms. The highest BCUT2D eigenvalue weighted by Crippen LogP contribution is 2.52. The minimum Gasteiger partial charge on any atom is -0.309 e. The third kappa shape index (κ3) is 3.58. The van der Waals surface area contributed by atoms with E-state index in [0.29, 0.717) is 0 Å². The molecule has 0 saturated carbocycles. The summed E-state index contributed by atoms with van der Waals surface area (Å²) in [4.78, 5) is 13.9. The van der Waals surface area contributed by atoms with E-state index in [0.717, 1.165) is 54.8 Å². The second-order valence-electron chi connectivity index (χ2n) is 14.4. The van der Waals surface area contributed by atoms with Crippen LogP contribution in [0.1, 0.15) is 0 Å². The minimum absolute atomic E-state index is 0.0352. The largest absolute Gasteiger partial charge is 0.309 e. The fraction of sp³-hybridized carbons (Fsp3) is 0. The van der Waals surface area contributed by atoms with Gasteiger partial charge in [0.15, 0.2) is 0 Å². The molecule has 0 aliphatic carbocycles. The van der Waals surface area contributed by atoms with E-state index in [1.54, 1.807) is 0 Å². The van der Waals surface area contributed by atoms with Gasteiger partial charge in [-0.05, 0) is 71.1 Å². The lowest BCUT2D eigenvalue weighted by molar-refractivity contribution is 1.19. The van der Waals surface area contributed by atoms with Gasteiger partial charge in [-0.3, -0.25) is 9.20 Å². The Kier molecular flexibility index (Phi) is 5.54. The average molecular weight is 723 g/mol. The first kappa shape index (κ1) is 29.0. The standard InChI is InChI=1S/C49H26N2OS2/c52-49-32-13-2-1-11-30(32)36-25-28(26-37-31-12-3-7-17-38(31)51(49)45(36)37)27-21-23-29(24-22-27)50-39-18-8-4-14-33(39)42-46(50)43-34-15-5-9-19-40(34)53-48(43)44-35-16-6-10-20-41(35)54-47(42)44/h1-26H. The molecule has 54 heavy (non-hydrogen) atoms. The topological polar surface area (TPSA) is 26.4 Å². The van der Waals surface area contributed by atoms with Crippen molar-refractivity contribution < 1.29 is 0 Å². The number of thiophene rings is 2. The van der Waals surface area contributed by atoms with E-state index in [9.17, 15) is 4.79 Å². The van der Waals surface area contributed by atoms with E-state index in [1.165, 1.54) is 62.2 Å². The molecule has 13 aromatic rings. The maximum Gasteiger partial charge on any atom is 0.263 e. The zero-order chi connectivity index (χ0) is 35.2. The average Bonchev–Trinajstić information content (AvgIpc) is 3.98. The molecule has 3 nitrogen and oxygen atoms in total. The third-order valence-electron chi connectivity index (χ3n) is 11.6. The van der Waals surface area contributed by atoms with Crippen LogP contribution in [0.4, 0.5) is 0 Å². The van der Waals surface area contributed by atoms with Crippen LogP contribution in [-0.4, -0.2) is 8.97 Å². The van der Waals surface area contributed by atoms with E-state index in [-0.39, 0.29) is 5.56 Å². The van der Waals surface area contributed by atoms with Gasteiger partial charge in [0.25, 0.3) is 5.56 Å². The first-order valence-electron chi connectivity index (χ1n) is 18.2. The highest BCUT2D eigenvalue weighted by molar-refractivity contribution is 7.30. The fourth-order valence-corrected chi connectivity index (χ4v) is 12.0. The van der Waals surface area contributed by atoms with Gasteiger partial charge in [-0.2, -0.15) is 0 Å². The molecular formula is C49H26N2OS2. The number of para-hydroxylation sites is 2. The lowest BCUT2D eigenvalue weighted by Crippen LogP contribution is -2.12. The maximum absolute atomic E-state index is 13.9. The van der Waals surface area contributed by atoms with Gasteiger partial charge in [-0.15, -0.1) is 22.7 Å². The number of hydrogen-bond acceptors (Lipinski definition) is 3. The van der Waals surface area contributed by atoms with Crippen LogP contribution in [0.3, 0.4) is 0 Å². The van der Waals surface area contributed by atoms with Crippen LogP contribution in [0.15, 0.2) is 163 Å². The van der Waals surface area contributed by atoms with Gasteiger partial charge in [0.05, 0.1) is 22.1 Å². The molecule has 0 N–H and O–H groups in total. The number of aromatic nitrogens is 2. The quantitative estimate of drug-likeness (QED) is 0.163. The van der Waals surface area contributed by atoms with Crippen molar-refractivity contribution in [1.82, 2.24) is 8.97 Å². The molecule has 5 aromatic heterocycles. The summed E-state index contributed by atoms with van der Waals surface area (Å²) in [6, 6.07) is 56.7. The Labute approximate surface area is 315 Å². The SMILES string of the molecule is O=c1c2ccccc2c2cc(-c3ccc(-n4c5ccccc5c5c6sc7ccccc7c6c6sc7ccccc7c6c54)cc3)cc3c4ccccc4n1c23. The van der Waals surface area contributed by atoms with E-state index < -0.39 is 0 Å². The van der Waals surface area contributed by atoms with Crippen molar-refractivity contribution in [1.29, 1.82) is 0 Å². The molecule has 0 aliphatic heterocycles. The van der Waals surface area contributed by atoms with Crippen LogP contribution in [0.25, 0.3) is 117 Å². The number of benzene rings is 8. The summed E-state index contributed by atoms with van der Waals surface area (Å²) in [7, 11) is 0. The summed E-state index contributed by atoms with van der Waals surface area (Å²) >= 11 is 3.83.